The van der Waals surface area contributed by atoms with Crippen LogP contribution in [0.1, 0.15) is 58.2 Å². The predicted octanol–water partition coefficient (Wildman–Crippen LogP) is 5.62. The predicted molar refractivity (Wildman–Crippen MR) is 130 cm³/mol. The van der Waals surface area contributed by atoms with Gasteiger partial charge in [-0.25, -0.2) is 14.4 Å². The topological polar surface area (TPSA) is 103 Å². The number of carbonyl (C=O) groups excluding carboxylic acids is 3. The van der Waals surface area contributed by atoms with Crippen LogP contribution in [0.15, 0.2) is 54.6 Å². The molecule has 2 aromatic carbocycles. The largest absolute Gasteiger partial charge is 0.444 e. The second-order valence-corrected chi connectivity index (χ2v) is 9.56. The van der Waals surface area contributed by atoms with E-state index in [-0.39, 0.29) is 0 Å². The number of carbonyl (C=O) groups is 3. The Kier molecular flexibility index (Phi) is 8.83. The van der Waals surface area contributed by atoms with E-state index in [0.717, 1.165) is 11.1 Å². The minimum absolute atomic E-state index is 0.554. The molecule has 0 fully saturated rings. The summed E-state index contributed by atoms with van der Waals surface area (Å²) in [5.41, 5.74) is 3.80. The van der Waals surface area contributed by atoms with Gasteiger partial charge in [0.25, 0.3) is 0 Å². The first-order valence-electron chi connectivity index (χ1n) is 10.9. The maximum atomic E-state index is 12.3. The number of hydroxylamine groups is 1. The van der Waals surface area contributed by atoms with Crippen molar-refractivity contribution in [3.63, 3.8) is 0 Å². The Balaban J connectivity index is 2.13. The molecule has 0 spiro atoms. The summed E-state index contributed by atoms with van der Waals surface area (Å²) in [7, 11) is 0. The van der Waals surface area contributed by atoms with Crippen LogP contribution in [0.2, 0.25) is 0 Å². The third-order valence-electron chi connectivity index (χ3n) is 4.05. The molecule has 2 N–H and O–H groups in total. The van der Waals surface area contributed by atoms with E-state index >= 15 is 0 Å². The molecule has 0 heterocycles. The van der Waals surface area contributed by atoms with Gasteiger partial charge in [-0.2, -0.15) is 0 Å². The second kappa shape index (κ2) is 11.4. The van der Waals surface area contributed by atoms with Crippen LogP contribution in [0, 0.1) is 0 Å². The first-order valence-corrected chi connectivity index (χ1v) is 10.9. The second-order valence-electron chi connectivity index (χ2n) is 9.56. The normalized spacial score (nSPS) is 11.6. The van der Waals surface area contributed by atoms with Gasteiger partial charge in [-0.1, -0.05) is 36.4 Å². The maximum absolute atomic E-state index is 12.3. The number of anilines is 1. The smallest absolute Gasteiger partial charge is 0.441 e. The highest BCUT2D eigenvalue weighted by Crippen LogP contribution is 2.23. The van der Waals surface area contributed by atoms with Crippen molar-refractivity contribution in [3.8, 4) is 0 Å². The van der Waals surface area contributed by atoms with E-state index in [1.165, 1.54) is 6.08 Å². The molecular weight excluding hydrogens is 436 g/mol. The van der Waals surface area contributed by atoms with Crippen LogP contribution < -0.4 is 10.8 Å². The van der Waals surface area contributed by atoms with E-state index in [9.17, 15) is 14.4 Å². The Labute approximate surface area is 200 Å². The Morgan fingerprint density at radius 2 is 1.47 bits per heavy atom. The fraction of sp³-hybridized carbons (Fsp3) is 0.346. The summed E-state index contributed by atoms with van der Waals surface area (Å²) < 4.78 is 10.4. The average molecular weight is 469 g/mol. The van der Waals surface area contributed by atoms with Gasteiger partial charge in [0.2, 0.25) is 0 Å². The van der Waals surface area contributed by atoms with Crippen LogP contribution in [-0.4, -0.2) is 29.4 Å². The minimum Gasteiger partial charge on any atom is -0.444 e. The van der Waals surface area contributed by atoms with Crippen LogP contribution in [0.3, 0.4) is 0 Å². The summed E-state index contributed by atoms with van der Waals surface area (Å²) in [5, 5.41) is 2.79. The molecule has 2 amide bonds. The molecule has 2 aromatic rings. The monoisotopic (exact) mass is 468 g/mol. The van der Waals surface area contributed by atoms with E-state index < -0.39 is 29.4 Å². The molecule has 0 aliphatic heterocycles. The number of benzene rings is 2. The maximum Gasteiger partial charge on any atom is 0.441 e. The molecular formula is C26H32N2O6. The molecule has 0 bridgehead atoms. The van der Waals surface area contributed by atoms with Gasteiger partial charge in [-0.15, -0.1) is 5.48 Å². The van der Waals surface area contributed by atoms with Gasteiger partial charge in [0.1, 0.15) is 11.2 Å². The standard InChI is InChI=1S/C26H32N2O6/c1-25(2,3)32-23(30)27-21-14-12-19(17-20(21)16-18-10-8-7-9-11-18)13-15-22(29)34-28-24(31)33-26(4,5)6/h7-15,17H,16H2,1-6H3,(H,27,30)(H,28,31). The van der Waals surface area contributed by atoms with Crippen molar-refractivity contribution in [1.82, 2.24) is 5.48 Å². The Hall–Kier alpha value is -3.81. The first-order chi connectivity index (χ1) is 15.8. The quantitative estimate of drug-likeness (QED) is 0.335. The van der Waals surface area contributed by atoms with Crippen LogP contribution in [0.4, 0.5) is 15.3 Å². The van der Waals surface area contributed by atoms with Gasteiger partial charge in [0, 0.05) is 11.8 Å². The van der Waals surface area contributed by atoms with Crippen molar-refractivity contribution in [2.24, 2.45) is 0 Å². The molecule has 182 valence electrons. The van der Waals surface area contributed by atoms with Crippen molar-refractivity contribution in [1.29, 1.82) is 0 Å². The first kappa shape index (κ1) is 26.4. The third kappa shape index (κ3) is 10.2. The molecule has 8 heteroatoms. The van der Waals surface area contributed by atoms with Crippen molar-refractivity contribution < 1.29 is 28.7 Å². The molecule has 34 heavy (non-hydrogen) atoms. The van der Waals surface area contributed by atoms with Crippen molar-refractivity contribution in [2.45, 2.75) is 59.2 Å². The highest BCUT2D eigenvalue weighted by molar-refractivity contribution is 5.89. The number of hydrogen-bond acceptors (Lipinski definition) is 6. The van der Waals surface area contributed by atoms with Gasteiger partial charge < -0.3 is 14.3 Å². The number of amides is 2. The lowest BCUT2D eigenvalue weighted by Crippen LogP contribution is -2.33. The van der Waals surface area contributed by atoms with Crippen molar-refractivity contribution in [3.05, 3.63) is 71.3 Å². The van der Waals surface area contributed by atoms with E-state index in [1.807, 2.05) is 41.9 Å². The Morgan fingerprint density at radius 3 is 2.09 bits per heavy atom. The summed E-state index contributed by atoms with van der Waals surface area (Å²) >= 11 is 0. The van der Waals surface area contributed by atoms with Crippen LogP contribution in [-0.2, 0) is 25.5 Å². The van der Waals surface area contributed by atoms with E-state index in [0.29, 0.717) is 17.7 Å². The lowest BCUT2D eigenvalue weighted by Gasteiger charge is -2.20. The van der Waals surface area contributed by atoms with E-state index in [2.05, 4.69) is 5.32 Å². The Morgan fingerprint density at radius 1 is 0.853 bits per heavy atom. The molecule has 0 unspecified atom stereocenters. The van der Waals surface area contributed by atoms with E-state index in [4.69, 9.17) is 14.3 Å². The summed E-state index contributed by atoms with van der Waals surface area (Å²) in [6.45, 7) is 10.5. The van der Waals surface area contributed by atoms with E-state index in [1.54, 1.807) is 59.8 Å². The van der Waals surface area contributed by atoms with Gasteiger partial charge in [0.15, 0.2) is 0 Å². The number of rotatable bonds is 5. The fourth-order valence-electron chi connectivity index (χ4n) is 2.80. The van der Waals surface area contributed by atoms with Crippen molar-refractivity contribution >= 4 is 29.9 Å². The minimum atomic E-state index is -0.864. The molecule has 0 aliphatic rings. The highest BCUT2D eigenvalue weighted by atomic mass is 16.7. The molecule has 0 saturated heterocycles. The molecule has 0 saturated carbocycles. The molecule has 0 atom stereocenters. The fourth-order valence-corrected chi connectivity index (χ4v) is 2.80. The number of ether oxygens (including phenoxy) is 2. The molecule has 0 radical (unpaired) electrons. The summed E-state index contributed by atoms with van der Waals surface area (Å²) in [4.78, 5) is 40.5. The third-order valence-corrected chi connectivity index (χ3v) is 4.05. The number of hydrogen-bond donors (Lipinski definition) is 2. The number of nitrogens with one attached hydrogen (secondary N) is 2. The molecule has 8 nitrogen and oxygen atoms in total. The lowest BCUT2D eigenvalue weighted by atomic mass is 10.0. The Bertz CT molecular complexity index is 1030. The molecule has 2 rings (SSSR count). The lowest BCUT2D eigenvalue weighted by molar-refractivity contribution is -0.144. The summed E-state index contributed by atoms with van der Waals surface area (Å²) in [6.07, 6.45) is 1.86. The van der Waals surface area contributed by atoms with Crippen LogP contribution in [0.5, 0.6) is 0 Å². The average Bonchev–Trinajstić information content (AvgIpc) is 2.70. The van der Waals surface area contributed by atoms with Gasteiger partial charge in [0.05, 0.1) is 0 Å². The molecule has 0 aromatic heterocycles. The van der Waals surface area contributed by atoms with Gasteiger partial charge >= 0.3 is 18.2 Å². The van der Waals surface area contributed by atoms with Gasteiger partial charge in [-0.05, 0) is 82.9 Å². The highest BCUT2D eigenvalue weighted by Gasteiger charge is 2.18. The zero-order chi connectivity index (χ0) is 25.4. The summed E-state index contributed by atoms with van der Waals surface area (Å²) in [5.74, 6) is -0.772. The zero-order valence-electron chi connectivity index (χ0n) is 20.4. The molecule has 0 aliphatic carbocycles. The summed E-state index contributed by atoms with van der Waals surface area (Å²) in [6, 6.07) is 15.1. The van der Waals surface area contributed by atoms with Crippen molar-refractivity contribution in [2.75, 3.05) is 5.32 Å². The zero-order valence-corrected chi connectivity index (χ0v) is 20.4. The van der Waals surface area contributed by atoms with Crippen LogP contribution >= 0.6 is 0 Å². The van der Waals surface area contributed by atoms with Gasteiger partial charge in [-0.3, -0.25) is 5.32 Å². The van der Waals surface area contributed by atoms with Crippen LogP contribution in [0.25, 0.3) is 6.08 Å². The SMILES string of the molecule is CC(C)(C)OC(=O)NOC(=O)C=Cc1ccc(NC(=O)OC(C)(C)C)c(Cc2ccccc2)c1.